The second-order valence-corrected chi connectivity index (χ2v) is 5.43. The van der Waals surface area contributed by atoms with Crippen molar-refractivity contribution in [2.45, 2.75) is 25.3 Å². The third-order valence-corrected chi connectivity index (χ3v) is 3.42. The number of carboxylic acids is 2. The van der Waals surface area contributed by atoms with E-state index in [2.05, 4.69) is 10.6 Å². The van der Waals surface area contributed by atoms with E-state index >= 15 is 0 Å². The Bertz CT molecular complexity index is 403. The van der Waals surface area contributed by atoms with E-state index in [9.17, 15) is 19.2 Å². The molecule has 0 rings (SSSR count). The van der Waals surface area contributed by atoms with Gasteiger partial charge < -0.3 is 26.0 Å². The minimum absolute atomic E-state index is 0.0420. The van der Waals surface area contributed by atoms with Crippen molar-refractivity contribution in [1.29, 1.82) is 0 Å². The first kappa shape index (κ1) is 20.2. The lowest BCUT2D eigenvalue weighted by Crippen LogP contribution is -2.49. The standard InChI is InChI=1S/C12H20N2O7S/c15-4-5-22-7-8(12(21)13-6-11(19)20)14-9(16)2-1-3-10(17)18/h8,15H,1-7H2,(H,13,21)(H,14,16)(H,17,18)(H,19,20)/t8-/m0/s1. The van der Waals surface area contributed by atoms with E-state index in [1.54, 1.807) is 0 Å². The van der Waals surface area contributed by atoms with Crippen LogP contribution in [0, 0.1) is 0 Å². The van der Waals surface area contributed by atoms with Gasteiger partial charge in [-0.05, 0) is 6.42 Å². The van der Waals surface area contributed by atoms with E-state index in [0.29, 0.717) is 5.75 Å². The quantitative estimate of drug-likeness (QED) is 0.274. The highest BCUT2D eigenvalue weighted by atomic mass is 32.2. The van der Waals surface area contributed by atoms with Crippen LogP contribution in [0.15, 0.2) is 0 Å². The van der Waals surface area contributed by atoms with E-state index in [4.69, 9.17) is 15.3 Å². The fourth-order valence-electron chi connectivity index (χ4n) is 1.40. The van der Waals surface area contributed by atoms with Gasteiger partial charge in [-0.25, -0.2) is 0 Å². The summed E-state index contributed by atoms with van der Waals surface area (Å²) in [5.41, 5.74) is 0. The van der Waals surface area contributed by atoms with Gasteiger partial charge in [0.25, 0.3) is 0 Å². The molecule has 0 aliphatic heterocycles. The largest absolute Gasteiger partial charge is 0.481 e. The van der Waals surface area contributed by atoms with Crippen molar-refractivity contribution in [1.82, 2.24) is 10.6 Å². The molecule has 0 aliphatic rings. The summed E-state index contributed by atoms with van der Waals surface area (Å²) in [6.45, 7) is -0.643. The monoisotopic (exact) mass is 336 g/mol. The first-order valence-electron chi connectivity index (χ1n) is 6.56. The van der Waals surface area contributed by atoms with Gasteiger partial charge in [-0.3, -0.25) is 19.2 Å². The summed E-state index contributed by atoms with van der Waals surface area (Å²) in [4.78, 5) is 44.2. The zero-order valence-corrected chi connectivity index (χ0v) is 12.7. The number of carbonyl (C=O) groups excluding carboxylic acids is 2. The van der Waals surface area contributed by atoms with Crippen LogP contribution in [0.2, 0.25) is 0 Å². The molecular formula is C12H20N2O7S. The number of nitrogens with one attached hydrogen (secondary N) is 2. The maximum Gasteiger partial charge on any atom is 0.322 e. The summed E-state index contributed by atoms with van der Waals surface area (Å²) in [5.74, 6) is -2.79. The molecule has 0 aromatic rings. The maximum atomic E-state index is 11.8. The van der Waals surface area contributed by atoms with Crippen molar-refractivity contribution < 1.29 is 34.5 Å². The Morgan fingerprint density at radius 2 is 1.73 bits per heavy atom. The van der Waals surface area contributed by atoms with Crippen molar-refractivity contribution in [2.24, 2.45) is 0 Å². The molecule has 9 nitrogen and oxygen atoms in total. The van der Waals surface area contributed by atoms with Crippen LogP contribution in [-0.4, -0.2) is 69.8 Å². The van der Waals surface area contributed by atoms with E-state index in [-0.39, 0.29) is 31.6 Å². The lowest BCUT2D eigenvalue weighted by molar-refractivity contribution is -0.138. The minimum Gasteiger partial charge on any atom is -0.481 e. The molecule has 126 valence electrons. The Balaban J connectivity index is 4.37. The molecule has 2 amide bonds. The maximum absolute atomic E-state index is 11.8. The summed E-state index contributed by atoms with van der Waals surface area (Å²) < 4.78 is 0. The molecule has 0 saturated heterocycles. The molecule has 1 atom stereocenters. The topological polar surface area (TPSA) is 153 Å². The van der Waals surface area contributed by atoms with Crippen molar-refractivity contribution in [3.8, 4) is 0 Å². The van der Waals surface area contributed by atoms with Crippen LogP contribution < -0.4 is 10.6 Å². The zero-order valence-electron chi connectivity index (χ0n) is 11.9. The van der Waals surface area contributed by atoms with Gasteiger partial charge in [0.05, 0.1) is 6.61 Å². The smallest absolute Gasteiger partial charge is 0.322 e. The molecule has 5 N–H and O–H groups in total. The number of aliphatic hydroxyl groups is 1. The van der Waals surface area contributed by atoms with Crippen LogP contribution in [0.1, 0.15) is 19.3 Å². The molecule has 0 heterocycles. The molecule has 0 radical (unpaired) electrons. The molecular weight excluding hydrogens is 316 g/mol. The highest BCUT2D eigenvalue weighted by Crippen LogP contribution is 2.04. The predicted molar refractivity (Wildman–Crippen MR) is 78.5 cm³/mol. The van der Waals surface area contributed by atoms with Crippen molar-refractivity contribution in [3.63, 3.8) is 0 Å². The van der Waals surface area contributed by atoms with Crippen molar-refractivity contribution in [3.05, 3.63) is 0 Å². The number of hydrogen-bond acceptors (Lipinski definition) is 6. The van der Waals surface area contributed by atoms with E-state index in [1.165, 1.54) is 11.8 Å². The summed E-state index contributed by atoms with van der Waals surface area (Å²) in [7, 11) is 0. The van der Waals surface area contributed by atoms with Gasteiger partial charge in [0.1, 0.15) is 12.6 Å². The van der Waals surface area contributed by atoms with Crippen LogP contribution in [0.25, 0.3) is 0 Å². The van der Waals surface area contributed by atoms with Crippen molar-refractivity contribution >= 4 is 35.5 Å². The number of aliphatic carboxylic acids is 2. The van der Waals surface area contributed by atoms with Gasteiger partial charge in [0.2, 0.25) is 11.8 Å². The first-order chi connectivity index (χ1) is 10.4. The second kappa shape index (κ2) is 11.8. The fourth-order valence-corrected chi connectivity index (χ4v) is 2.17. The normalized spacial score (nSPS) is 11.5. The minimum atomic E-state index is -1.21. The van der Waals surface area contributed by atoms with E-state index < -0.39 is 36.3 Å². The Kier molecular flexibility index (Phi) is 10.8. The first-order valence-corrected chi connectivity index (χ1v) is 7.71. The molecule has 0 bridgehead atoms. The van der Waals surface area contributed by atoms with Crippen molar-refractivity contribution in [2.75, 3.05) is 24.7 Å². The molecule has 0 saturated carbocycles. The lowest BCUT2D eigenvalue weighted by atomic mass is 10.2. The summed E-state index contributed by atoms with van der Waals surface area (Å²) >= 11 is 1.23. The van der Waals surface area contributed by atoms with E-state index in [0.717, 1.165) is 0 Å². The summed E-state index contributed by atoms with van der Waals surface area (Å²) in [6, 6.07) is -0.937. The third kappa shape index (κ3) is 10.9. The number of amides is 2. The SMILES string of the molecule is O=C(O)CCCC(=O)N[C@@H](CSCCO)C(=O)NCC(=O)O. The molecule has 0 aliphatic carbocycles. The average molecular weight is 336 g/mol. The number of aliphatic hydroxyl groups excluding tert-OH is 1. The molecule has 22 heavy (non-hydrogen) atoms. The van der Waals surface area contributed by atoms with Gasteiger partial charge in [0, 0.05) is 24.3 Å². The Labute approximate surface area is 131 Å². The van der Waals surface area contributed by atoms with Crippen LogP contribution in [0.3, 0.4) is 0 Å². The molecule has 0 fully saturated rings. The van der Waals surface area contributed by atoms with Crippen LogP contribution in [0.4, 0.5) is 0 Å². The van der Waals surface area contributed by atoms with Gasteiger partial charge in [-0.1, -0.05) is 0 Å². The molecule has 0 aromatic carbocycles. The predicted octanol–water partition coefficient (Wildman–Crippen LogP) is -1.35. The van der Waals surface area contributed by atoms with Gasteiger partial charge in [0.15, 0.2) is 0 Å². The van der Waals surface area contributed by atoms with Gasteiger partial charge >= 0.3 is 11.9 Å². The zero-order chi connectivity index (χ0) is 17.0. The Hall–Kier alpha value is -1.81. The van der Waals surface area contributed by atoms with Crippen LogP contribution in [-0.2, 0) is 19.2 Å². The lowest BCUT2D eigenvalue weighted by Gasteiger charge is -2.17. The summed E-state index contributed by atoms with van der Waals surface area (Å²) in [5, 5.41) is 30.3. The molecule has 10 heteroatoms. The number of hydrogen-bond donors (Lipinski definition) is 5. The summed E-state index contributed by atoms with van der Waals surface area (Å²) in [6.07, 6.45) is -0.0450. The van der Waals surface area contributed by atoms with E-state index in [1.807, 2.05) is 0 Å². The molecule has 0 spiro atoms. The molecule has 0 unspecified atom stereocenters. The average Bonchev–Trinajstić information content (AvgIpc) is 2.43. The fraction of sp³-hybridized carbons (Fsp3) is 0.667. The van der Waals surface area contributed by atoms with Gasteiger partial charge in [-0.2, -0.15) is 11.8 Å². The number of rotatable bonds is 12. The Morgan fingerprint density at radius 3 is 2.27 bits per heavy atom. The third-order valence-electron chi connectivity index (χ3n) is 2.38. The highest BCUT2D eigenvalue weighted by molar-refractivity contribution is 7.99. The Morgan fingerprint density at radius 1 is 1.05 bits per heavy atom. The number of carboxylic acid groups (broad SMARTS) is 2. The second-order valence-electron chi connectivity index (χ2n) is 4.28. The highest BCUT2D eigenvalue weighted by Gasteiger charge is 2.21. The van der Waals surface area contributed by atoms with Crippen LogP contribution in [0.5, 0.6) is 0 Å². The molecule has 0 aromatic heterocycles. The number of thioether (sulfide) groups is 1. The number of carbonyl (C=O) groups is 4. The van der Waals surface area contributed by atoms with Gasteiger partial charge in [-0.15, -0.1) is 0 Å². The van der Waals surface area contributed by atoms with Crippen LogP contribution >= 0.6 is 11.8 Å².